The number of hydrogen-bond donors (Lipinski definition) is 1. The highest BCUT2D eigenvalue weighted by Gasteiger charge is 2.12. The number of benzene rings is 1. The number of nitrogens with two attached hydrogens (primary N) is 1. The molecule has 0 radical (unpaired) electrons. The van der Waals surface area contributed by atoms with Gasteiger partial charge < -0.3 is 10.5 Å². The first-order chi connectivity index (χ1) is 6.20. The first-order valence-corrected chi connectivity index (χ1v) is 4.25. The van der Waals surface area contributed by atoms with Crippen molar-refractivity contribution >= 4 is 23.3 Å². The van der Waals surface area contributed by atoms with Gasteiger partial charge in [-0.2, -0.15) is 0 Å². The zero-order valence-corrected chi connectivity index (χ0v) is 7.97. The van der Waals surface area contributed by atoms with Crippen molar-refractivity contribution in [2.24, 2.45) is 0 Å². The highest BCUT2D eigenvalue weighted by Crippen LogP contribution is 2.19. The fraction of sp³-hybridized carbons (Fsp3) is 0.222. The number of halogens is 1. The Balaban J connectivity index is 3.20. The fourth-order valence-corrected chi connectivity index (χ4v) is 1.35. The van der Waals surface area contributed by atoms with Crippen LogP contribution in [0.4, 0.5) is 5.69 Å². The van der Waals surface area contributed by atoms with Crippen LogP contribution in [0.3, 0.4) is 0 Å². The minimum Gasteiger partial charge on any atom is -0.465 e. The maximum atomic E-state index is 11.2. The molecule has 0 unspecified atom stereocenters. The summed E-state index contributed by atoms with van der Waals surface area (Å²) in [6.07, 6.45) is 0. The molecular formula is C9H10ClNO2. The summed E-state index contributed by atoms with van der Waals surface area (Å²) in [5.41, 5.74) is 7.19. The van der Waals surface area contributed by atoms with Crippen LogP contribution in [0.25, 0.3) is 0 Å². The molecule has 0 saturated heterocycles. The molecule has 0 amide bonds. The molecule has 0 fully saturated rings. The van der Waals surface area contributed by atoms with Gasteiger partial charge in [0.15, 0.2) is 0 Å². The average Bonchev–Trinajstić information content (AvgIpc) is 2.16. The van der Waals surface area contributed by atoms with Crippen LogP contribution in [-0.4, -0.2) is 13.1 Å². The van der Waals surface area contributed by atoms with E-state index >= 15 is 0 Å². The monoisotopic (exact) mass is 199 g/mol. The summed E-state index contributed by atoms with van der Waals surface area (Å²) < 4.78 is 4.58. The van der Waals surface area contributed by atoms with Crippen molar-refractivity contribution in [1.82, 2.24) is 0 Å². The number of rotatable bonds is 2. The summed E-state index contributed by atoms with van der Waals surface area (Å²) >= 11 is 5.65. The van der Waals surface area contributed by atoms with Gasteiger partial charge in [0.25, 0.3) is 0 Å². The lowest BCUT2D eigenvalue weighted by Crippen LogP contribution is -2.06. The molecule has 0 bridgehead atoms. The fourth-order valence-electron chi connectivity index (χ4n) is 1.06. The standard InChI is InChI=1S/C9H10ClNO2/c1-13-9(12)6-3-2-4-8(11)7(6)5-10/h2-4H,5,11H2,1H3. The molecule has 0 aliphatic rings. The topological polar surface area (TPSA) is 52.3 Å². The lowest BCUT2D eigenvalue weighted by Gasteiger charge is -2.07. The second kappa shape index (κ2) is 4.14. The molecule has 2 N–H and O–H groups in total. The lowest BCUT2D eigenvalue weighted by atomic mass is 10.1. The maximum Gasteiger partial charge on any atom is 0.338 e. The molecule has 0 aliphatic carbocycles. The van der Waals surface area contributed by atoms with E-state index in [-0.39, 0.29) is 5.88 Å². The zero-order valence-electron chi connectivity index (χ0n) is 7.21. The Hall–Kier alpha value is -1.22. The Kier molecular flexibility index (Phi) is 3.14. The van der Waals surface area contributed by atoms with E-state index in [1.54, 1.807) is 18.2 Å². The third kappa shape index (κ3) is 1.92. The number of ether oxygens (including phenoxy) is 1. The smallest absolute Gasteiger partial charge is 0.338 e. The quantitative estimate of drug-likeness (QED) is 0.449. The van der Waals surface area contributed by atoms with E-state index in [0.717, 1.165) is 0 Å². The van der Waals surface area contributed by atoms with Crippen LogP contribution in [0.5, 0.6) is 0 Å². The van der Waals surface area contributed by atoms with Crippen molar-refractivity contribution in [3.8, 4) is 0 Å². The van der Waals surface area contributed by atoms with Gasteiger partial charge in [0.1, 0.15) is 0 Å². The number of alkyl halides is 1. The van der Waals surface area contributed by atoms with Crippen molar-refractivity contribution in [3.05, 3.63) is 29.3 Å². The van der Waals surface area contributed by atoms with E-state index in [1.807, 2.05) is 0 Å². The van der Waals surface area contributed by atoms with Gasteiger partial charge >= 0.3 is 5.97 Å². The predicted octanol–water partition coefficient (Wildman–Crippen LogP) is 1.79. The number of carbonyl (C=O) groups is 1. The highest BCUT2D eigenvalue weighted by atomic mass is 35.5. The molecule has 1 rings (SSSR count). The van der Waals surface area contributed by atoms with Gasteiger partial charge in [-0.15, -0.1) is 11.6 Å². The van der Waals surface area contributed by atoms with Crippen LogP contribution in [0.15, 0.2) is 18.2 Å². The minimum atomic E-state index is -0.414. The summed E-state index contributed by atoms with van der Waals surface area (Å²) in [5, 5.41) is 0. The molecule has 1 aromatic rings. The Morgan fingerprint density at radius 1 is 1.62 bits per heavy atom. The summed E-state index contributed by atoms with van der Waals surface area (Å²) in [4.78, 5) is 11.2. The average molecular weight is 200 g/mol. The number of esters is 1. The van der Waals surface area contributed by atoms with Crippen LogP contribution in [0, 0.1) is 0 Å². The van der Waals surface area contributed by atoms with E-state index in [4.69, 9.17) is 17.3 Å². The van der Waals surface area contributed by atoms with Crippen LogP contribution >= 0.6 is 11.6 Å². The minimum absolute atomic E-state index is 0.205. The SMILES string of the molecule is COC(=O)c1cccc(N)c1CCl. The number of nitrogen functional groups attached to an aromatic ring is 1. The van der Waals surface area contributed by atoms with Gasteiger partial charge in [-0.1, -0.05) is 6.07 Å². The molecule has 0 aromatic heterocycles. The van der Waals surface area contributed by atoms with Crippen LogP contribution in [0.1, 0.15) is 15.9 Å². The van der Waals surface area contributed by atoms with Crippen LogP contribution in [-0.2, 0) is 10.6 Å². The summed E-state index contributed by atoms with van der Waals surface area (Å²) in [6.45, 7) is 0. The third-order valence-electron chi connectivity index (χ3n) is 1.75. The molecule has 0 saturated carbocycles. The molecule has 0 heterocycles. The molecule has 0 aliphatic heterocycles. The Bertz CT molecular complexity index is 325. The lowest BCUT2D eigenvalue weighted by molar-refractivity contribution is 0.0600. The molecule has 1 aromatic carbocycles. The molecular weight excluding hydrogens is 190 g/mol. The first-order valence-electron chi connectivity index (χ1n) is 3.72. The molecule has 0 spiro atoms. The number of methoxy groups -OCH3 is 1. The molecule has 3 nitrogen and oxygen atoms in total. The predicted molar refractivity (Wildman–Crippen MR) is 51.8 cm³/mol. The second-order valence-electron chi connectivity index (χ2n) is 2.50. The van der Waals surface area contributed by atoms with E-state index in [0.29, 0.717) is 16.8 Å². The normalized spacial score (nSPS) is 9.69. The van der Waals surface area contributed by atoms with Crippen LogP contribution in [0.2, 0.25) is 0 Å². The summed E-state index contributed by atoms with van der Waals surface area (Å²) in [7, 11) is 1.32. The Labute approximate surface area is 81.4 Å². The number of hydrogen-bond acceptors (Lipinski definition) is 3. The largest absolute Gasteiger partial charge is 0.465 e. The van der Waals surface area contributed by atoms with Crippen LogP contribution < -0.4 is 5.73 Å². The molecule has 70 valence electrons. The highest BCUT2D eigenvalue weighted by molar-refractivity contribution is 6.18. The van der Waals surface area contributed by atoms with E-state index in [2.05, 4.69) is 4.74 Å². The zero-order chi connectivity index (χ0) is 9.84. The van der Waals surface area contributed by atoms with Gasteiger partial charge in [-0.3, -0.25) is 0 Å². The first kappa shape index (κ1) is 9.86. The van der Waals surface area contributed by atoms with E-state index in [1.165, 1.54) is 7.11 Å². The molecule has 0 atom stereocenters. The van der Waals surface area contributed by atoms with Crippen molar-refractivity contribution in [1.29, 1.82) is 0 Å². The van der Waals surface area contributed by atoms with Gasteiger partial charge in [0, 0.05) is 11.3 Å². The van der Waals surface area contributed by atoms with Gasteiger partial charge in [-0.05, 0) is 12.1 Å². The van der Waals surface area contributed by atoms with Gasteiger partial charge in [0.05, 0.1) is 18.6 Å². The van der Waals surface area contributed by atoms with Crippen molar-refractivity contribution in [2.45, 2.75) is 5.88 Å². The molecule has 13 heavy (non-hydrogen) atoms. The third-order valence-corrected chi connectivity index (χ3v) is 2.02. The van der Waals surface area contributed by atoms with E-state index < -0.39 is 5.97 Å². The number of carbonyl (C=O) groups excluding carboxylic acids is 1. The van der Waals surface area contributed by atoms with Crippen molar-refractivity contribution < 1.29 is 9.53 Å². The summed E-state index contributed by atoms with van der Waals surface area (Å²) in [5.74, 6) is -0.208. The number of anilines is 1. The van der Waals surface area contributed by atoms with Gasteiger partial charge in [0.2, 0.25) is 0 Å². The van der Waals surface area contributed by atoms with Crippen molar-refractivity contribution in [3.63, 3.8) is 0 Å². The van der Waals surface area contributed by atoms with Gasteiger partial charge in [-0.25, -0.2) is 4.79 Å². The van der Waals surface area contributed by atoms with Crippen molar-refractivity contribution in [2.75, 3.05) is 12.8 Å². The Morgan fingerprint density at radius 3 is 2.85 bits per heavy atom. The Morgan fingerprint density at radius 2 is 2.31 bits per heavy atom. The van der Waals surface area contributed by atoms with E-state index in [9.17, 15) is 4.79 Å². The summed E-state index contributed by atoms with van der Waals surface area (Å²) in [6, 6.07) is 5.03. The second-order valence-corrected chi connectivity index (χ2v) is 2.77. The molecule has 4 heteroatoms. The maximum absolute atomic E-state index is 11.2.